The summed E-state index contributed by atoms with van der Waals surface area (Å²) in [6.45, 7) is 2.97. The smallest absolute Gasteiger partial charge is 0.221 e. The number of carbonyl (C=O) groups is 1. The van der Waals surface area contributed by atoms with Gasteiger partial charge in [-0.25, -0.2) is 0 Å². The average Bonchev–Trinajstić information content (AvgIpc) is 2.30. The van der Waals surface area contributed by atoms with E-state index in [2.05, 4.69) is 17.5 Å². The number of amides is 1. The molecule has 1 aliphatic heterocycles. The van der Waals surface area contributed by atoms with Crippen molar-refractivity contribution in [1.82, 2.24) is 0 Å². The lowest BCUT2D eigenvalue weighted by atomic mass is 10.0. The van der Waals surface area contributed by atoms with Gasteiger partial charge in [-0.05, 0) is 29.7 Å². The van der Waals surface area contributed by atoms with Gasteiger partial charge in [-0.2, -0.15) is 0 Å². The van der Waals surface area contributed by atoms with Crippen molar-refractivity contribution in [2.24, 2.45) is 0 Å². The van der Waals surface area contributed by atoms with Crippen LogP contribution in [0.15, 0.2) is 30.3 Å². The van der Waals surface area contributed by atoms with Crippen molar-refractivity contribution in [3.63, 3.8) is 0 Å². The fourth-order valence-corrected chi connectivity index (χ4v) is 1.79. The number of hydrogen-bond acceptors (Lipinski definition) is 2. The molecule has 1 aromatic carbocycles. The largest absolute Gasteiger partial charge is 0.377 e. The Balaban J connectivity index is 2.21. The Bertz CT molecular complexity index is 424. The minimum Gasteiger partial charge on any atom is -0.377 e. The highest BCUT2D eigenvalue weighted by atomic mass is 16.5. The van der Waals surface area contributed by atoms with Gasteiger partial charge in [0.05, 0.1) is 13.2 Å². The highest BCUT2D eigenvalue weighted by Gasteiger charge is 2.06. The van der Waals surface area contributed by atoms with Crippen LogP contribution in [0.2, 0.25) is 0 Å². The van der Waals surface area contributed by atoms with Crippen LogP contribution in [-0.2, 0) is 9.53 Å². The molecule has 0 atom stereocenters. The van der Waals surface area contributed by atoms with E-state index >= 15 is 0 Å². The summed E-state index contributed by atoms with van der Waals surface area (Å²) >= 11 is 0. The summed E-state index contributed by atoms with van der Waals surface area (Å²) < 4.78 is 5.27. The molecule has 0 saturated carbocycles. The first kappa shape index (κ1) is 10.9. The summed E-state index contributed by atoms with van der Waals surface area (Å²) in [7, 11) is 0. The Morgan fingerprint density at radius 3 is 3.00 bits per heavy atom. The van der Waals surface area contributed by atoms with E-state index in [1.807, 2.05) is 18.2 Å². The fourth-order valence-electron chi connectivity index (χ4n) is 1.79. The predicted octanol–water partition coefficient (Wildman–Crippen LogP) is 2.45. The summed E-state index contributed by atoms with van der Waals surface area (Å²) in [6.07, 6.45) is 3.03. The van der Waals surface area contributed by atoms with Crippen molar-refractivity contribution in [3.05, 3.63) is 35.9 Å². The van der Waals surface area contributed by atoms with Crippen molar-refractivity contribution in [2.75, 3.05) is 18.5 Å². The van der Waals surface area contributed by atoms with Crippen molar-refractivity contribution in [2.45, 2.75) is 13.3 Å². The number of carbonyl (C=O) groups excluding carboxylic acids is 1. The molecule has 0 aromatic heterocycles. The van der Waals surface area contributed by atoms with Gasteiger partial charge in [-0.15, -0.1) is 0 Å². The highest BCUT2D eigenvalue weighted by Crippen LogP contribution is 2.23. The Hall–Kier alpha value is -1.61. The van der Waals surface area contributed by atoms with E-state index in [1.54, 1.807) is 0 Å². The highest BCUT2D eigenvalue weighted by molar-refractivity contribution is 5.89. The van der Waals surface area contributed by atoms with E-state index in [0.717, 1.165) is 24.3 Å². The molecular weight excluding hydrogens is 202 g/mol. The van der Waals surface area contributed by atoms with Crippen LogP contribution in [-0.4, -0.2) is 19.1 Å². The number of ether oxygens (including phenoxy) is 1. The number of anilines is 1. The van der Waals surface area contributed by atoms with E-state index in [0.29, 0.717) is 6.61 Å². The Kier molecular flexibility index (Phi) is 3.37. The van der Waals surface area contributed by atoms with Crippen molar-refractivity contribution >= 4 is 17.2 Å². The summed E-state index contributed by atoms with van der Waals surface area (Å²) in [5, 5.41) is 2.79. The van der Waals surface area contributed by atoms with Gasteiger partial charge in [0.1, 0.15) is 0 Å². The van der Waals surface area contributed by atoms with Gasteiger partial charge in [-0.3, -0.25) is 4.79 Å². The molecule has 0 radical (unpaired) electrons. The van der Waals surface area contributed by atoms with Crippen LogP contribution in [0.4, 0.5) is 5.69 Å². The van der Waals surface area contributed by atoms with Gasteiger partial charge in [-0.1, -0.05) is 18.2 Å². The monoisotopic (exact) mass is 217 g/mol. The molecule has 0 fully saturated rings. The van der Waals surface area contributed by atoms with E-state index in [9.17, 15) is 4.79 Å². The molecule has 3 heteroatoms. The summed E-state index contributed by atoms with van der Waals surface area (Å²) in [5.74, 6) is -0.0434. The number of rotatable bonds is 2. The van der Waals surface area contributed by atoms with Crippen LogP contribution >= 0.6 is 0 Å². The molecule has 0 spiro atoms. The molecule has 3 nitrogen and oxygen atoms in total. The maximum Gasteiger partial charge on any atom is 0.221 e. The number of hydrogen-bond donors (Lipinski definition) is 1. The van der Waals surface area contributed by atoms with Crippen LogP contribution < -0.4 is 5.32 Å². The lowest BCUT2D eigenvalue weighted by Crippen LogP contribution is -2.07. The minimum atomic E-state index is -0.0434. The zero-order valence-corrected chi connectivity index (χ0v) is 9.32. The van der Waals surface area contributed by atoms with Crippen LogP contribution in [0.25, 0.3) is 5.57 Å². The van der Waals surface area contributed by atoms with Gasteiger partial charge < -0.3 is 10.1 Å². The van der Waals surface area contributed by atoms with Crippen LogP contribution in [0.1, 0.15) is 18.9 Å². The SMILES string of the molecule is CC(=O)Nc1cccc(C2=CCOCC2)c1. The molecular formula is C13H15NO2. The van der Waals surface area contributed by atoms with E-state index in [-0.39, 0.29) is 5.91 Å². The zero-order valence-electron chi connectivity index (χ0n) is 9.32. The predicted molar refractivity (Wildman–Crippen MR) is 64.2 cm³/mol. The van der Waals surface area contributed by atoms with Crippen LogP contribution in [0.3, 0.4) is 0 Å². The van der Waals surface area contributed by atoms with Crippen molar-refractivity contribution < 1.29 is 9.53 Å². The minimum absolute atomic E-state index is 0.0434. The summed E-state index contributed by atoms with van der Waals surface area (Å²) in [6, 6.07) is 7.91. The Morgan fingerprint density at radius 2 is 2.31 bits per heavy atom. The van der Waals surface area contributed by atoms with Crippen LogP contribution in [0.5, 0.6) is 0 Å². The zero-order chi connectivity index (χ0) is 11.4. The second-order valence-electron chi connectivity index (χ2n) is 3.82. The standard InChI is InChI=1S/C13H15NO2/c1-10(15)14-13-4-2-3-12(9-13)11-5-7-16-8-6-11/h2-5,9H,6-8H2,1H3,(H,14,15). The molecule has 0 saturated heterocycles. The van der Waals surface area contributed by atoms with Gasteiger partial charge in [0.2, 0.25) is 5.91 Å². The maximum atomic E-state index is 11.0. The molecule has 1 amide bonds. The molecule has 84 valence electrons. The fraction of sp³-hybridized carbons (Fsp3) is 0.308. The van der Waals surface area contributed by atoms with Gasteiger partial charge in [0, 0.05) is 12.6 Å². The second kappa shape index (κ2) is 4.94. The first-order chi connectivity index (χ1) is 7.75. The molecule has 16 heavy (non-hydrogen) atoms. The first-order valence-corrected chi connectivity index (χ1v) is 5.40. The van der Waals surface area contributed by atoms with Crippen molar-refractivity contribution in [1.29, 1.82) is 0 Å². The van der Waals surface area contributed by atoms with Crippen LogP contribution in [0, 0.1) is 0 Å². The number of benzene rings is 1. The Morgan fingerprint density at radius 1 is 1.44 bits per heavy atom. The summed E-state index contributed by atoms with van der Waals surface area (Å²) in [4.78, 5) is 11.0. The van der Waals surface area contributed by atoms with E-state index in [1.165, 1.54) is 12.5 Å². The van der Waals surface area contributed by atoms with Crippen molar-refractivity contribution in [3.8, 4) is 0 Å². The average molecular weight is 217 g/mol. The molecule has 1 aromatic rings. The third-order valence-corrected chi connectivity index (χ3v) is 2.52. The molecule has 0 bridgehead atoms. The lowest BCUT2D eigenvalue weighted by Gasteiger charge is -2.14. The lowest BCUT2D eigenvalue weighted by molar-refractivity contribution is -0.114. The van der Waals surface area contributed by atoms with Gasteiger partial charge >= 0.3 is 0 Å². The Labute approximate surface area is 95.1 Å². The van der Waals surface area contributed by atoms with Gasteiger partial charge in [0.25, 0.3) is 0 Å². The second-order valence-corrected chi connectivity index (χ2v) is 3.82. The van der Waals surface area contributed by atoms with Gasteiger partial charge in [0.15, 0.2) is 0 Å². The first-order valence-electron chi connectivity index (χ1n) is 5.40. The van der Waals surface area contributed by atoms with E-state index in [4.69, 9.17) is 4.74 Å². The maximum absolute atomic E-state index is 11.0. The third kappa shape index (κ3) is 2.70. The quantitative estimate of drug-likeness (QED) is 0.826. The van der Waals surface area contributed by atoms with E-state index < -0.39 is 0 Å². The normalized spacial score (nSPS) is 15.4. The molecule has 0 unspecified atom stereocenters. The molecule has 2 rings (SSSR count). The third-order valence-electron chi connectivity index (χ3n) is 2.52. The molecule has 1 heterocycles. The topological polar surface area (TPSA) is 38.3 Å². The molecule has 1 aliphatic rings. The molecule has 0 aliphatic carbocycles. The number of nitrogens with one attached hydrogen (secondary N) is 1. The summed E-state index contributed by atoms with van der Waals surface area (Å²) in [5.41, 5.74) is 3.30. The molecule has 1 N–H and O–H groups in total.